The third kappa shape index (κ3) is 6.35. The van der Waals surface area contributed by atoms with Gasteiger partial charge in [0.05, 0.1) is 19.4 Å². The van der Waals surface area contributed by atoms with Gasteiger partial charge in [0, 0.05) is 17.2 Å². The van der Waals surface area contributed by atoms with Gasteiger partial charge in [0.2, 0.25) is 5.91 Å². The lowest BCUT2D eigenvalue weighted by molar-refractivity contribution is -0.136. The first-order valence-corrected chi connectivity index (χ1v) is 9.53. The van der Waals surface area contributed by atoms with Gasteiger partial charge >= 0.3 is 5.97 Å². The Hall–Kier alpha value is -2.80. The monoisotopic (exact) mass is 401 g/mol. The molecular formula is C22H28FN3O3. The summed E-state index contributed by atoms with van der Waals surface area (Å²) < 4.78 is 18.5. The Morgan fingerprint density at radius 1 is 1.34 bits per heavy atom. The lowest BCUT2D eigenvalue weighted by Gasteiger charge is -2.32. The van der Waals surface area contributed by atoms with Crippen LogP contribution in [0.15, 0.2) is 52.7 Å². The minimum Gasteiger partial charge on any atom is -0.466 e. The number of carbonyl (C=O) groups excluding carboxylic acids is 2. The molecule has 1 aromatic rings. The number of hydrogen-bond acceptors (Lipinski definition) is 5. The van der Waals surface area contributed by atoms with E-state index in [1.54, 1.807) is 36.1 Å². The Labute approximate surface area is 171 Å². The first-order valence-electron chi connectivity index (χ1n) is 9.53. The van der Waals surface area contributed by atoms with Crippen molar-refractivity contribution in [1.29, 1.82) is 0 Å². The standard InChI is InChI=1S/C22H28FN3O3/c1-16(22(28)29-4)8-9-19(24-2)15-26(20-7-5-6-18(23)14-20)21(27)17-10-12-25(3)13-11-17/h5-9,14,17H,2,10-13,15H2,1,3-4H3/b16-8+,19-9-. The number of likely N-dealkylation sites (tertiary alicyclic amines) is 1. The molecule has 0 N–H and O–H groups in total. The zero-order chi connectivity index (χ0) is 21.4. The van der Waals surface area contributed by atoms with Crippen LogP contribution in [0, 0.1) is 11.7 Å². The maximum absolute atomic E-state index is 13.8. The van der Waals surface area contributed by atoms with Crippen LogP contribution in [0.5, 0.6) is 0 Å². The van der Waals surface area contributed by atoms with Gasteiger partial charge in [-0.1, -0.05) is 12.1 Å². The molecule has 1 aliphatic heterocycles. The number of benzene rings is 1. The molecule has 1 heterocycles. The number of nitrogens with zero attached hydrogens (tertiary/aromatic N) is 3. The zero-order valence-corrected chi connectivity index (χ0v) is 17.2. The van der Waals surface area contributed by atoms with Crippen molar-refractivity contribution in [3.05, 3.63) is 53.5 Å². The molecule has 0 unspecified atom stereocenters. The van der Waals surface area contributed by atoms with Gasteiger partial charge in [-0.15, -0.1) is 0 Å². The lowest BCUT2D eigenvalue weighted by Crippen LogP contribution is -2.42. The number of hydrogen-bond donors (Lipinski definition) is 0. The number of ether oxygens (including phenoxy) is 1. The van der Waals surface area contributed by atoms with Gasteiger partial charge in [0.1, 0.15) is 5.82 Å². The fourth-order valence-corrected chi connectivity index (χ4v) is 3.18. The molecule has 0 aromatic heterocycles. The van der Waals surface area contributed by atoms with Crippen molar-refractivity contribution in [3.8, 4) is 0 Å². The summed E-state index contributed by atoms with van der Waals surface area (Å²) in [5, 5.41) is 0. The van der Waals surface area contributed by atoms with E-state index in [1.165, 1.54) is 19.2 Å². The fourth-order valence-electron chi connectivity index (χ4n) is 3.18. The Morgan fingerprint density at radius 2 is 2.03 bits per heavy atom. The van der Waals surface area contributed by atoms with Crippen LogP contribution in [0.2, 0.25) is 0 Å². The van der Waals surface area contributed by atoms with Crippen LogP contribution in [0.25, 0.3) is 0 Å². The summed E-state index contributed by atoms with van der Waals surface area (Å²) in [6.45, 7) is 7.01. The number of aliphatic imine (C=N–C) groups is 1. The van der Waals surface area contributed by atoms with E-state index in [9.17, 15) is 14.0 Å². The zero-order valence-electron chi connectivity index (χ0n) is 17.2. The van der Waals surface area contributed by atoms with Gasteiger partial charge in [0.15, 0.2) is 0 Å². The van der Waals surface area contributed by atoms with Crippen molar-refractivity contribution in [2.24, 2.45) is 10.9 Å². The molecule has 156 valence electrons. The highest BCUT2D eigenvalue weighted by Crippen LogP contribution is 2.25. The van der Waals surface area contributed by atoms with Crippen LogP contribution in [-0.4, -0.2) is 57.3 Å². The molecule has 1 aromatic carbocycles. The van der Waals surface area contributed by atoms with Gasteiger partial charge in [-0.05, 0) is 70.9 Å². The highest BCUT2D eigenvalue weighted by atomic mass is 19.1. The number of halogens is 1. The normalized spacial score (nSPS) is 16.4. The predicted molar refractivity (Wildman–Crippen MR) is 112 cm³/mol. The Kier molecular flexibility index (Phi) is 8.27. The van der Waals surface area contributed by atoms with Crippen LogP contribution < -0.4 is 4.90 Å². The van der Waals surface area contributed by atoms with Crippen LogP contribution >= 0.6 is 0 Å². The van der Waals surface area contributed by atoms with E-state index in [2.05, 4.69) is 21.3 Å². The number of esters is 1. The van der Waals surface area contributed by atoms with E-state index in [-0.39, 0.29) is 18.4 Å². The molecule has 2 rings (SSSR count). The summed E-state index contributed by atoms with van der Waals surface area (Å²) in [7, 11) is 3.34. The number of anilines is 1. The molecular weight excluding hydrogens is 373 g/mol. The van der Waals surface area contributed by atoms with Crippen molar-refractivity contribution in [3.63, 3.8) is 0 Å². The molecule has 0 bridgehead atoms. The summed E-state index contributed by atoms with van der Waals surface area (Å²) in [4.78, 5) is 32.5. The van der Waals surface area contributed by atoms with Crippen molar-refractivity contribution in [2.45, 2.75) is 19.8 Å². The van der Waals surface area contributed by atoms with Crippen LogP contribution in [-0.2, 0) is 14.3 Å². The maximum Gasteiger partial charge on any atom is 0.333 e. The van der Waals surface area contributed by atoms with Crippen LogP contribution in [0.1, 0.15) is 19.8 Å². The summed E-state index contributed by atoms with van der Waals surface area (Å²) >= 11 is 0. The third-order valence-electron chi connectivity index (χ3n) is 5.01. The molecule has 7 heteroatoms. The van der Waals surface area contributed by atoms with E-state index in [1.807, 2.05) is 7.05 Å². The van der Waals surface area contributed by atoms with Crippen LogP contribution in [0.3, 0.4) is 0 Å². The lowest BCUT2D eigenvalue weighted by atomic mass is 9.95. The average Bonchev–Trinajstić information content (AvgIpc) is 2.73. The Morgan fingerprint density at radius 3 is 2.62 bits per heavy atom. The molecule has 29 heavy (non-hydrogen) atoms. The van der Waals surface area contributed by atoms with E-state index in [4.69, 9.17) is 0 Å². The molecule has 6 nitrogen and oxygen atoms in total. The van der Waals surface area contributed by atoms with Gasteiger partial charge in [0.25, 0.3) is 0 Å². The number of allylic oxidation sites excluding steroid dienone is 2. The van der Waals surface area contributed by atoms with Gasteiger partial charge in [-0.25, -0.2) is 9.18 Å². The van der Waals surface area contributed by atoms with Crippen molar-refractivity contribution >= 4 is 24.3 Å². The van der Waals surface area contributed by atoms with E-state index >= 15 is 0 Å². The second kappa shape index (κ2) is 10.7. The van der Waals surface area contributed by atoms with Crippen molar-refractivity contribution < 1.29 is 18.7 Å². The summed E-state index contributed by atoms with van der Waals surface area (Å²) in [6.07, 6.45) is 4.69. The molecule has 1 saturated heterocycles. The topological polar surface area (TPSA) is 62.2 Å². The minimum atomic E-state index is -0.450. The Balaban J connectivity index is 2.30. The number of amides is 1. The number of methoxy groups -OCH3 is 1. The summed E-state index contributed by atoms with van der Waals surface area (Å²) in [6, 6.07) is 5.95. The van der Waals surface area contributed by atoms with Crippen molar-refractivity contribution in [1.82, 2.24) is 4.90 Å². The smallest absolute Gasteiger partial charge is 0.333 e. The van der Waals surface area contributed by atoms with Crippen LogP contribution in [0.4, 0.5) is 10.1 Å². The highest BCUT2D eigenvalue weighted by molar-refractivity contribution is 5.95. The SMILES string of the molecule is C=N/C(=C\C=C(/C)C(=O)OC)CN(C(=O)C1CCN(C)CC1)c1cccc(F)c1. The van der Waals surface area contributed by atoms with Crippen molar-refractivity contribution in [2.75, 3.05) is 38.7 Å². The number of rotatable bonds is 7. The molecule has 1 aliphatic rings. The first-order chi connectivity index (χ1) is 13.8. The van der Waals surface area contributed by atoms with E-state index in [0.29, 0.717) is 17.0 Å². The first kappa shape index (κ1) is 22.5. The molecule has 0 aliphatic carbocycles. The molecule has 0 saturated carbocycles. The molecule has 0 radical (unpaired) electrons. The molecule has 1 amide bonds. The second-order valence-electron chi connectivity index (χ2n) is 7.14. The van der Waals surface area contributed by atoms with Gasteiger partial charge in [-0.3, -0.25) is 9.79 Å². The highest BCUT2D eigenvalue weighted by Gasteiger charge is 2.29. The quantitative estimate of drug-likeness (QED) is 0.305. The van der Waals surface area contributed by atoms with Gasteiger partial charge in [-0.2, -0.15) is 0 Å². The summed E-state index contributed by atoms with van der Waals surface area (Å²) in [5.74, 6) is -1.06. The Bertz CT molecular complexity index is 811. The van der Waals surface area contributed by atoms with E-state index in [0.717, 1.165) is 25.9 Å². The molecule has 0 atom stereocenters. The van der Waals surface area contributed by atoms with Gasteiger partial charge < -0.3 is 14.5 Å². The molecule has 0 spiro atoms. The maximum atomic E-state index is 13.8. The predicted octanol–water partition coefficient (Wildman–Crippen LogP) is 3.20. The fraction of sp³-hybridized carbons (Fsp3) is 0.409. The summed E-state index contributed by atoms with van der Waals surface area (Å²) in [5.41, 5.74) is 1.35. The third-order valence-corrected chi connectivity index (χ3v) is 5.01. The minimum absolute atomic E-state index is 0.0630. The average molecular weight is 401 g/mol. The second-order valence-corrected chi connectivity index (χ2v) is 7.14. The molecule has 1 fully saturated rings. The number of carbonyl (C=O) groups is 2. The van der Waals surface area contributed by atoms with E-state index < -0.39 is 11.8 Å². The largest absolute Gasteiger partial charge is 0.466 e. The number of piperidine rings is 1.